The van der Waals surface area contributed by atoms with E-state index in [-0.39, 0.29) is 23.9 Å². The molecule has 1 saturated heterocycles. The molecule has 2 heterocycles. The SMILES string of the molecule is CNC1CCN(C(=O)c2cc(=O)[nH]c3ccccc23)C1.Cl. The summed E-state index contributed by atoms with van der Waals surface area (Å²) < 4.78 is 0. The number of hydrogen-bond acceptors (Lipinski definition) is 3. The Balaban J connectivity index is 0.00000161. The van der Waals surface area contributed by atoms with E-state index in [2.05, 4.69) is 10.3 Å². The summed E-state index contributed by atoms with van der Waals surface area (Å²) in [5.41, 5.74) is 0.949. The highest BCUT2D eigenvalue weighted by molar-refractivity contribution is 6.06. The predicted octanol–water partition coefficient (Wildman–Crippen LogP) is 1.38. The average Bonchev–Trinajstić information content (AvgIpc) is 2.94. The van der Waals surface area contributed by atoms with Crippen LogP contribution in [0.5, 0.6) is 0 Å². The number of H-pyrrole nitrogens is 1. The fraction of sp³-hybridized carbons (Fsp3) is 0.333. The second-order valence-electron chi connectivity index (χ2n) is 5.12. The number of aromatic amines is 1. The van der Waals surface area contributed by atoms with Crippen molar-refractivity contribution in [2.45, 2.75) is 12.5 Å². The maximum Gasteiger partial charge on any atom is 0.254 e. The number of nitrogens with one attached hydrogen (secondary N) is 2. The van der Waals surface area contributed by atoms with Gasteiger partial charge in [0.25, 0.3) is 5.91 Å². The van der Waals surface area contributed by atoms with E-state index in [1.165, 1.54) is 6.07 Å². The molecule has 1 fully saturated rings. The molecule has 1 aliphatic rings. The van der Waals surface area contributed by atoms with Gasteiger partial charge in [-0.1, -0.05) is 18.2 Å². The highest BCUT2D eigenvalue weighted by atomic mass is 35.5. The van der Waals surface area contributed by atoms with E-state index in [0.29, 0.717) is 23.7 Å². The van der Waals surface area contributed by atoms with E-state index in [1.54, 1.807) is 0 Å². The molecule has 1 amide bonds. The van der Waals surface area contributed by atoms with Crippen LogP contribution in [0.3, 0.4) is 0 Å². The van der Waals surface area contributed by atoms with Crippen LogP contribution < -0.4 is 10.9 Å². The quantitative estimate of drug-likeness (QED) is 0.881. The molecular formula is C15H18ClN3O2. The van der Waals surface area contributed by atoms with E-state index in [1.807, 2.05) is 36.2 Å². The molecule has 0 saturated carbocycles. The number of nitrogens with zero attached hydrogens (tertiary/aromatic N) is 1. The van der Waals surface area contributed by atoms with E-state index in [0.717, 1.165) is 18.4 Å². The smallest absolute Gasteiger partial charge is 0.254 e. The number of pyridine rings is 1. The number of amides is 1. The first-order chi connectivity index (χ1) is 9.69. The fourth-order valence-electron chi connectivity index (χ4n) is 2.73. The zero-order chi connectivity index (χ0) is 14.1. The lowest BCUT2D eigenvalue weighted by atomic mass is 10.1. The first kappa shape index (κ1) is 15.5. The second-order valence-corrected chi connectivity index (χ2v) is 5.12. The number of likely N-dealkylation sites (tertiary alicyclic amines) is 1. The van der Waals surface area contributed by atoms with Gasteiger partial charge in [0.1, 0.15) is 0 Å². The van der Waals surface area contributed by atoms with Gasteiger partial charge in [0.2, 0.25) is 5.56 Å². The summed E-state index contributed by atoms with van der Waals surface area (Å²) in [5, 5.41) is 3.98. The number of carbonyl (C=O) groups excluding carboxylic acids is 1. The summed E-state index contributed by atoms with van der Waals surface area (Å²) in [6.07, 6.45) is 0.948. The molecule has 0 aliphatic carbocycles. The Labute approximate surface area is 128 Å². The van der Waals surface area contributed by atoms with E-state index >= 15 is 0 Å². The number of benzene rings is 1. The Bertz CT molecular complexity index is 713. The molecule has 1 aromatic carbocycles. The van der Waals surface area contributed by atoms with Crippen molar-refractivity contribution in [2.24, 2.45) is 0 Å². The molecule has 5 nitrogen and oxygen atoms in total. The molecule has 112 valence electrons. The summed E-state index contributed by atoms with van der Waals surface area (Å²) >= 11 is 0. The molecule has 0 spiro atoms. The molecular weight excluding hydrogens is 290 g/mol. The third-order valence-corrected chi connectivity index (χ3v) is 3.86. The standard InChI is InChI=1S/C15H17N3O2.ClH/c1-16-10-6-7-18(9-10)15(20)12-8-14(19)17-13-5-3-2-4-11(12)13;/h2-5,8,10,16H,6-7,9H2,1H3,(H,17,19);1H. The Morgan fingerprint density at radius 2 is 2.14 bits per heavy atom. The number of rotatable bonds is 2. The molecule has 2 N–H and O–H groups in total. The Morgan fingerprint density at radius 1 is 1.38 bits per heavy atom. The molecule has 1 atom stereocenters. The van der Waals surface area contributed by atoms with E-state index < -0.39 is 0 Å². The highest BCUT2D eigenvalue weighted by Gasteiger charge is 2.27. The molecule has 0 bridgehead atoms. The van der Waals surface area contributed by atoms with Gasteiger partial charge in [-0.2, -0.15) is 0 Å². The van der Waals surface area contributed by atoms with E-state index in [4.69, 9.17) is 0 Å². The largest absolute Gasteiger partial charge is 0.337 e. The molecule has 0 radical (unpaired) electrons. The monoisotopic (exact) mass is 307 g/mol. The number of hydrogen-bond donors (Lipinski definition) is 2. The first-order valence-electron chi connectivity index (χ1n) is 6.77. The molecule has 6 heteroatoms. The minimum absolute atomic E-state index is 0. The average molecular weight is 308 g/mol. The van der Waals surface area contributed by atoms with Crippen LogP contribution in [0, 0.1) is 0 Å². The molecule has 3 rings (SSSR count). The van der Waals surface area contributed by atoms with Crippen LogP contribution in [0.4, 0.5) is 0 Å². The molecule has 1 aromatic heterocycles. The molecule has 1 unspecified atom stereocenters. The molecule has 21 heavy (non-hydrogen) atoms. The van der Waals surface area contributed by atoms with Crippen LogP contribution in [-0.2, 0) is 0 Å². The fourth-order valence-corrected chi connectivity index (χ4v) is 2.73. The van der Waals surface area contributed by atoms with Crippen molar-refractivity contribution < 1.29 is 4.79 Å². The summed E-state index contributed by atoms with van der Waals surface area (Å²) in [7, 11) is 1.90. The minimum atomic E-state index is -0.239. The van der Waals surface area contributed by atoms with Crippen molar-refractivity contribution in [2.75, 3.05) is 20.1 Å². The van der Waals surface area contributed by atoms with Gasteiger partial charge < -0.3 is 15.2 Å². The van der Waals surface area contributed by atoms with Crippen molar-refractivity contribution in [1.29, 1.82) is 0 Å². The van der Waals surface area contributed by atoms with Gasteiger partial charge in [0.05, 0.1) is 5.56 Å². The van der Waals surface area contributed by atoms with Crippen LogP contribution >= 0.6 is 12.4 Å². The van der Waals surface area contributed by atoms with Crippen LogP contribution in [0.15, 0.2) is 35.1 Å². The maximum absolute atomic E-state index is 12.6. The number of aromatic nitrogens is 1. The second kappa shape index (κ2) is 6.28. The molecule has 1 aliphatic heterocycles. The van der Waals surface area contributed by atoms with Crippen molar-refractivity contribution >= 4 is 29.2 Å². The van der Waals surface area contributed by atoms with Gasteiger partial charge in [-0.3, -0.25) is 9.59 Å². The lowest BCUT2D eigenvalue weighted by molar-refractivity contribution is 0.0791. The Morgan fingerprint density at radius 3 is 2.86 bits per heavy atom. The minimum Gasteiger partial charge on any atom is -0.337 e. The maximum atomic E-state index is 12.6. The number of likely N-dealkylation sites (N-methyl/N-ethyl adjacent to an activating group) is 1. The van der Waals surface area contributed by atoms with Crippen molar-refractivity contribution in [1.82, 2.24) is 15.2 Å². The van der Waals surface area contributed by atoms with Crippen molar-refractivity contribution in [3.05, 3.63) is 46.2 Å². The Hall–Kier alpha value is -1.85. The number of para-hydroxylation sites is 1. The van der Waals surface area contributed by atoms with Crippen molar-refractivity contribution in [3.8, 4) is 0 Å². The van der Waals surface area contributed by atoms with Gasteiger partial charge in [-0.15, -0.1) is 12.4 Å². The number of fused-ring (bicyclic) bond motifs is 1. The topological polar surface area (TPSA) is 65.2 Å². The number of halogens is 1. The van der Waals surface area contributed by atoms with Crippen LogP contribution in [0.25, 0.3) is 10.9 Å². The third kappa shape index (κ3) is 2.94. The molecule has 2 aromatic rings. The van der Waals surface area contributed by atoms with E-state index in [9.17, 15) is 9.59 Å². The summed E-state index contributed by atoms with van der Waals surface area (Å²) in [5.74, 6) is -0.0648. The zero-order valence-corrected chi connectivity index (χ0v) is 12.6. The predicted molar refractivity (Wildman–Crippen MR) is 85.2 cm³/mol. The zero-order valence-electron chi connectivity index (χ0n) is 11.8. The lowest BCUT2D eigenvalue weighted by Crippen LogP contribution is -2.34. The van der Waals surface area contributed by atoms with Gasteiger partial charge in [-0.05, 0) is 19.5 Å². The van der Waals surface area contributed by atoms with Gasteiger partial charge in [0.15, 0.2) is 0 Å². The lowest BCUT2D eigenvalue weighted by Gasteiger charge is -2.17. The van der Waals surface area contributed by atoms with Gasteiger partial charge in [0, 0.05) is 36.1 Å². The van der Waals surface area contributed by atoms with Crippen LogP contribution in [-0.4, -0.2) is 42.0 Å². The summed E-state index contributed by atoms with van der Waals surface area (Å²) in [6.45, 7) is 1.42. The Kier molecular flexibility index (Phi) is 4.65. The van der Waals surface area contributed by atoms with Gasteiger partial charge >= 0.3 is 0 Å². The van der Waals surface area contributed by atoms with Crippen LogP contribution in [0.2, 0.25) is 0 Å². The van der Waals surface area contributed by atoms with Crippen LogP contribution in [0.1, 0.15) is 16.8 Å². The normalized spacial score (nSPS) is 17.8. The highest BCUT2D eigenvalue weighted by Crippen LogP contribution is 2.19. The first-order valence-corrected chi connectivity index (χ1v) is 6.77. The summed E-state index contributed by atoms with van der Waals surface area (Å²) in [4.78, 5) is 28.9. The summed E-state index contributed by atoms with van der Waals surface area (Å²) in [6, 6.07) is 9.14. The van der Waals surface area contributed by atoms with Crippen molar-refractivity contribution in [3.63, 3.8) is 0 Å². The van der Waals surface area contributed by atoms with Gasteiger partial charge in [-0.25, -0.2) is 0 Å². The third-order valence-electron chi connectivity index (χ3n) is 3.86. The number of carbonyl (C=O) groups is 1.